The molecule has 0 saturated carbocycles. The highest BCUT2D eigenvalue weighted by Gasteiger charge is 2.34. The second-order valence-corrected chi connectivity index (χ2v) is 4.88. The zero-order valence-electron chi connectivity index (χ0n) is 9.03. The van der Waals surface area contributed by atoms with Crippen LogP contribution in [0.25, 0.3) is 11.1 Å². The average Bonchev–Trinajstić information content (AvgIpc) is 2.67. The number of benzene rings is 2. The molecule has 3 rings (SSSR count). The molecular formula is C12H8O5S. The van der Waals surface area contributed by atoms with Gasteiger partial charge in [0.1, 0.15) is 0 Å². The molecular weight excluding hydrogens is 256 g/mol. The van der Waals surface area contributed by atoms with Crippen LogP contribution in [0, 0.1) is 0 Å². The SMILES string of the molecule is O=S1(=O)Oc2c(O)ccc(-c3ccccc3)c2O1. The zero-order valence-corrected chi connectivity index (χ0v) is 9.85. The van der Waals surface area contributed by atoms with Crippen molar-refractivity contribution in [3.05, 3.63) is 42.5 Å². The summed E-state index contributed by atoms with van der Waals surface area (Å²) in [6, 6.07) is 12.0. The molecule has 0 saturated heterocycles. The molecule has 6 heteroatoms. The second-order valence-electron chi connectivity index (χ2n) is 3.73. The quantitative estimate of drug-likeness (QED) is 0.853. The van der Waals surface area contributed by atoms with Crippen LogP contribution in [0.1, 0.15) is 0 Å². The van der Waals surface area contributed by atoms with Gasteiger partial charge in [0.15, 0.2) is 5.75 Å². The third-order valence-electron chi connectivity index (χ3n) is 2.55. The fraction of sp³-hybridized carbons (Fsp3) is 0. The third kappa shape index (κ3) is 1.67. The van der Waals surface area contributed by atoms with E-state index in [1.54, 1.807) is 18.2 Å². The van der Waals surface area contributed by atoms with E-state index in [1.807, 2.05) is 18.2 Å². The maximum Gasteiger partial charge on any atom is 0.501 e. The summed E-state index contributed by atoms with van der Waals surface area (Å²) in [5, 5.41) is 9.57. The van der Waals surface area contributed by atoms with Gasteiger partial charge in [-0.15, -0.1) is 8.42 Å². The van der Waals surface area contributed by atoms with Crippen molar-refractivity contribution >= 4 is 10.4 Å². The lowest BCUT2D eigenvalue weighted by Gasteiger charge is -2.05. The van der Waals surface area contributed by atoms with Gasteiger partial charge in [-0.25, -0.2) is 0 Å². The summed E-state index contributed by atoms with van der Waals surface area (Å²) in [6.45, 7) is 0. The molecule has 2 aromatic carbocycles. The van der Waals surface area contributed by atoms with Gasteiger partial charge in [0.2, 0.25) is 11.5 Å². The van der Waals surface area contributed by atoms with Gasteiger partial charge in [-0.1, -0.05) is 30.3 Å². The minimum absolute atomic E-state index is 0.0150. The van der Waals surface area contributed by atoms with Gasteiger partial charge in [0, 0.05) is 5.56 Å². The summed E-state index contributed by atoms with van der Waals surface area (Å²) in [5.74, 6) is -0.427. The van der Waals surface area contributed by atoms with Crippen LogP contribution in [0.15, 0.2) is 42.5 Å². The molecule has 1 aliphatic heterocycles. The lowest BCUT2D eigenvalue weighted by Crippen LogP contribution is -2.08. The largest absolute Gasteiger partial charge is 0.504 e. The molecule has 0 fully saturated rings. The lowest BCUT2D eigenvalue weighted by molar-refractivity contribution is 0.419. The molecule has 2 aromatic rings. The van der Waals surface area contributed by atoms with Gasteiger partial charge in [-0.3, -0.25) is 0 Å². The van der Waals surface area contributed by atoms with E-state index in [1.165, 1.54) is 6.07 Å². The van der Waals surface area contributed by atoms with Gasteiger partial charge in [0.25, 0.3) is 0 Å². The van der Waals surface area contributed by atoms with Crippen LogP contribution in [0.4, 0.5) is 0 Å². The van der Waals surface area contributed by atoms with E-state index in [0.717, 1.165) is 5.56 Å². The highest BCUT2D eigenvalue weighted by atomic mass is 32.3. The smallest absolute Gasteiger partial charge is 0.501 e. The number of hydrogen-bond donors (Lipinski definition) is 1. The van der Waals surface area contributed by atoms with E-state index < -0.39 is 10.4 Å². The molecule has 0 amide bonds. The normalized spacial score (nSPS) is 15.6. The zero-order chi connectivity index (χ0) is 12.8. The highest BCUT2D eigenvalue weighted by Crippen LogP contribution is 2.48. The number of fused-ring (bicyclic) bond motifs is 1. The van der Waals surface area contributed by atoms with Gasteiger partial charge in [0.05, 0.1) is 0 Å². The first kappa shape index (κ1) is 10.9. The maximum atomic E-state index is 11.3. The van der Waals surface area contributed by atoms with Crippen LogP contribution in [0.2, 0.25) is 0 Å². The van der Waals surface area contributed by atoms with Crippen molar-refractivity contribution in [3.8, 4) is 28.4 Å². The molecule has 0 radical (unpaired) electrons. The summed E-state index contributed by atoms with van der Waals surface area (Å²) in [7, 11) is -4.12. The third-order valence-corrected chi connectivity index (χ3v) is 3.29. The van der Waals surface area contributed by atoms with Gasteiger partial charge >= 0.3 is 10.4 Å². The van der Waals surface area contributed by atoms with E-state index in [4.69, 9.17) is 4.18 Å². The Balaban J connectivity index is 2.24. The lowest BCUT2D eigenvalue weighted by atomic mass is 10.0. The Labute approximate surface area is 104 Å². The van der Waals surface area contributed by atoms with E-state index in [9.17, 15) is 13.5 Å². The molecule has 5 nitrogen and oxygen atoms in total. The molecule has 0 unspecified atom stereocenters. The Morgan fingerprint density at radius 2 is 1.56 bits per heavy atom. The maximum absolute atomic E-state index is 11.3. The van der Waals surface area contributed by atoms with Crippen LogP contribution in [0.3, 0.4) is 0 Å². The molecule has 0 aromatic heterocycles. The molecule has 1 heterocycles. The van der Waals surface area contributed by atoms with Crippen molar-refractivity contribution in [2.45, 2.75) is 0 Å². The molecule has 0 bridgehead atoms. The number of aromatic hydroxyl groups is 1. The summed E-state index contributed by atoms with van der Waals surface area (Å²) < 4.78 is 31.9. The molecule has 18 heavy (non-hydrogen) atoms. The molecule has 0 aliphatic carbocycles. The van der Waals surface area contributed by atoms with Crippen LogP contribution >= 0.6 is 0 Å². The first-order valence-electron chi connectivity index (χ1n) is 5.12. The molecule has 92 valence electrons. The van der Waals surface area contributed by atoms with Gasteiger partial charge in [-0.2, -0.15) is 0 Å². The Hall–Kier alpha value is -2.21. The fourth-order valence-electron chi connectivity index (χ4n) is 1.78. The van der Waals surface area contributed by atoms with Crippen molar-refractivity contribution in [3.63, 3.8) is 0 Å². The summed E-state index contributed by atoms with van der Waals surface area (Å²) in [4.78, 5) is 0. The second kappa shape index (κ2) is 3.64. The standard InChI is InChI=1S/C12H8O5S/c13-10-7-6-9(8-4-2-1-3-5-8)11-12(10)17-18(14,15)16-11/h1-7,13H. The van der Waals surface area contributed by atoms with Crippen LogP contribution in [0.5, 0.6) is 17.2 Å². The van der Waals surface area contributed by atoms with E-state index >= 15 is 0 Å². The van der Waals surface area contributed by atoms with E-state index in [-0.39, 0.29) is 17.2 Å². The first-order chi connectivity index (χ1) is 8.57. The van der Waals surface area contributed by atoms with Crippen molar-refractivity contribution in [2.24, 2.45) is 0 Å². The average molecular weight is 264 g/mol. The number of rotatable bonds is 1. The van der Waals surface area contributed by atoms with E-state index in [0.29, 0.717) is 5.56 Å². The van der Waals surface area contributed by atoms with Crippen LogP contribution in [-0.4, -0.2) is 13.5 Å². The summed E-state index contributed by atoms with van der Waals surface area (Å²) in [5.41, 5.74) is 1.32. The summed E-state index contributed by atoms with van der Waals surface area (Å²) >= 11 is 0. The minimum atomic E-state index is -4.12. The van der Waals surface area contributed by atoms with Crippen molar-refractivity contribution in [1.29, 1.82) is 0 Å². The Morgan fingerprint density at radius 1 is 0.889 bits per heavy atom. The van der Waals surface area contributed by atoms with Gasteiger partial charge < -0.3 is 13.5 Å². The van der Waals surface area contributed by atoms with Crippen LogP contribution < -0.4 is 8.37 Å². The topological polar surface area (TPSA) is 72.8 Å². The molecule has 0 spiro atoms. The number of phenols is 1. The first-order valence-corrected chi connectivity index (χ1v) is 6.45. The highest BCUT2D eigenvalue weighted by molar-refractivity contribution is 7.82. The monoisotopic (exact) mass is 264 g/mol. The van der Waals surface area contributed by atoms with Crippen molar-refractivity contribution in [2.75, 3.05) is 0 Å². The van der Waals surface area contributed by atoms with Crippen molar-refractivity contribution in [1.82, 2.24) is 0 Å². The minimum Gasteiger partial charge on any atom is -0.504 e. The van der Waals surface area contributed by atoms with E-state index in [2.05, 4.69) is 4.18 Å². The Kier molecular flexibility index (Phi) is 2.21. The molecule has 0 atom stereocenters. The Bertz CT molecular complexity index is 707. The predicted molar refractivity (Wildman–Crippen MR) is 63.7 cm³/mol. The number of phenolic OH excluding ortho intramolecular Hbond substituents is 1. The summed E-state index contributed by atoms with van der Waals surface area (Å²) in [6.07, 6.45) is 0. The Morgan fingerprint density at radius 3 is 2.28 bits per heavy atom. The van der Waals surface area contributed by atoms with Crippen molar-refractivity contribution < 1.29 is 21.9 Å². The number of hydrogen-bond acceptors (Lipinski definition) is 5. The van der Waals surface area contributed by atoms with Crippen LogP contribution in [-0.2, 0) is 10.4 Å². The predicted octanol–water partition coefficient (Wildman–Crippen LogP) is 2.08. The fourth-order valence-corrected chi connectivity index (χ4v) is 2.55. The van der Waals surface area contributed by atoms with Gasteiger partial charge in [-0.05, 0) is 17.7 Å². The molecule has 1 N–H and O–H groups in total. The molecule has 1 aliphatic rings.